The van der Waals surface area contributed by atoms with E-state index in [2.05, 4.69) is 31.2 Å². The van der Waals surface area contributed by atoms with E-state index in [1.54, 1.807) is 6.92 Å². The van der Waals surface area contributed by atoms with Crippen molar-refractivity contribution in [2.45, 2.75) is 38.5 Å². The summed E-state index contributed by atoms with van der Waals surface area (Å²) in [5.41, 5.74) is 2.46. The molecule has 0 N–H and O–H groups in total. The van der Waals surface area contributed by atoms with Crippen molar-refractivity contribution in [3.63, 3.8) is 0 Å². The molecule has 2 rings (SSSR count). The minimum Gasteiger partial charge on any atom is -0.337 e. The molecule has 4 heteroatoms. The van der Waals surface area contributed by atoms with Crippen LogP contribution in [-0.4, -0.2) is 27.7 Å². The van der Waals surface area contributed by atoms with E-state index in [-0.39, 0.29) is 16.3 Å². The maximum atomic E-state index is 11.9. The second kappa shape index (κ2) is 6.24. The van der Waals surface area contributed by atoms with Crippen molar-refractivity contribution < 1.29 is 9.59 Å². The number of hydrogen-bond acceptors (Lipinski definition) is 3. The van der Waals surface area contributed by atoms with E-state index in [0.717, 1.165) is 12.0 Å². The van der Waals surface area contributed by atoms with Crippen LogP contribution >= 0.6 is 11.8 Å². The van der Waals surface area contributed by atoms with Gasteiger partial charge in [-0.25, -0.2) is 0 Å². The highest BCUT2D eigenvalue weighted by Gasteiger charge is 2.30. The van der Waals surface area contributed by atoms with Gasteiger partial charge in [-0.3, -0.25) is 9.59 Å². The number of nitrogens with zero attached hydrogens (tertiary/aromatic N) is 1. The summed E-state index contributed by atoms with van der Waals surface area (Å²) in [7, 11) is 0. The van der Waals surface area contributed by atoms with Crippen LogP contribution in [0.1, 0.15) is 31.4 Å². The average Bonchev–Trinajstić information content (AvgIpc) is 2.69. The molecule has 3 nitrogen and oxygen atoms in total. The molecule has 0 radical (unpaired) electrons. The molecular formula is C15H19NO2S. The van der Waals surface area contributed by atoms with Gasteiger partial charge in [0.2, 0.25) is 5.91 Å². The molecule has 1 fully saturated rings. The van der Waals surface area contributed by atoms with Gasteiger partial charge in [0.15, 0.2) is 5.12 Å². The van der Waals surface area contributed by atoms with Crippen LogP contribution in [0, 0.1) is 0 Å². The third-order valence-electron chi connectivity index (χ3n) is 3.32. The fourth-order valence-electron chi connectivity index (χ4n) is 2.30. The Morgan fingerprint density at radius 2 is 1.95 bits per heavy atom. The van der Waals surface area contributed by atoms with Gasteiger partial charge in [-0.1, -0.05) is 43.0 Å². The normalized spacial score (nSPS) is 18.9. The van der Waals surface area contributed by atoms with Crippen LogP contribution in [0.15, 0.2) is 24.3 Å². The molecule has 0 bridgehead atoms. The van der Waals surface area contributed by atoms with Crippen LogP contribution in [0.2, 0.25) is 0 Å². The van der Waals surface area contributed by atoms with Crippen molar-refractivity contribution in [3.8, 4) is 0 Å². The van der Waals surface area contributed by atoms with E-state index in [0.29, 0.717) is 19.5 Å². The number of carbonyl (C=O) groups is 2. The number of amides is 1. The van der Waals surface area contributed by atoms with Crippen LogP contribution in [-0.2, 0) is 22.6 Å². The minimum absolute atomic E-state index is 0.0898. The molecule has 1 aromatic rings. The molecule has 102 valence electrons. The average molecular weight is 277 g/mol. The summed E-state index contributed by atoms with van der Waals surface area (Å²) in [5, 5.41) is 0.215. The molecule has 0 aliphatic carbocycles. The summed E-state index contributed by atoms with van der Waals surface area (Å²) >= 11 is 1.28. The Balaban J connectivity index is 1.95. The molecule has 1 saturated heterocycles. The van der Waals surface area contributed by atoms with E-state index in [1.165, 1.54) is 17.3 Å². The van der Waals surface area contributed by atoms with Gasteiger partial charge in [0, 0.05) is 31.7 Å². The number of carbonyl (C=O) groups excluding carboxylic acids is 2. The maximum Gasteiger partial charge on any atom is 0.224 e. The summed E-state index contributed by atoms with van der Waals surface area (Å²) in [5.74, 6) is 0.151. The summed E-state index contributed by atoms with van der Waals surface area (Å²) in [4.78, 5) is 24.8. The predicted octanol–water partition coefficient (Wildman–Crippen LogP) is 2.63. The van der Waals surface area contributed by atoms with Gasteiger partial charge in [0.1, 0.15) is 0 Å². The van der Waals surface area contributed by atoms with Crippen molar-refractivity contribution in [2.24, 2.45) is 0 Å². The first kappa shape index (κ1) is 14.1. The second-order valence-electron chi connectivity index (χ2n) is 4.88. The van der Waals surface area contributed by atoms with Crippen LogP contribution in [0.4, 0.5) is 0 Å². The molecule has 1 aliphatic heterocycles. The lowest BCUT2D eigenvalue weighted by Gasteiger charge is -2.16. The molecule has 19 heavy (non-hydrogen) atoms. The van der Waals surface area contributed by atoms with Gasteiger partial charge in [0.25, 0.3) is 0 Å². The zero-order valence-corrected chi connectivity index (χ0v) is 12.2. The van der Waals surface area contributed by atoms with Crippen LogP contribution in [0.3, 0.4) is 0 Å². The molecule has 1 aliphatic rings. The number of benzene rings is 1. The first-order valence-electron chi connectivity index (χ1n) is 6.61. The van der Waals surface area contributed by atoms with Gasteiger partial charge < -0.3 is 4.90 Å². The molecule has 1 aromatic carbocycles. The molecule has 1 unspecified atom stereocenters. The highest BCUT2D eigenvalue weighted by Crippen LogP contribution is 2.25. The zero-order valence-electron chi connectivity index (χ0n) is 11.4. The standard InChI is InChI=1S/C15H19NO2S/c1-3-12-4-6-13(7-5-12)9-16-10-14(8-15(16)18)19-11(2)17/h4-7,14H,3,8-10H2,1-2H3. The van der Waals surface area contributed by atoms with Gasteiger partial charge >= 0.3 is 0 Å². The largest absolute Gasteiger partial charge is 0.337 e. The molecule has 1 amide bonds. The van der Waals surface area contributed by atoms with Crippen molar-refractivity contribution in [2.75, 3.05) is 6.54 Å². The van der Waals surface area contributed by atoms with Crippen molar-refractivity contribution >= 4 is 22.8 Å². The molecule has 0 spiro atoms. The summed E-state index contributed by atoms with van der Waals surface area (Å²) in [6.45, 7) is 5.01. The van der Waals surface area contributed by atoms with Gasteiger partial charge in [-0.15, -0.1) is 0 Å². The lowest BCUT2D eigenvalue weighted by Crippen LogP contribution is -2.25. The Hall–Kier alpha value is -1.29. The predicted molar refractivity (Wildman–Crippen MR) is 77.9 cm³/mol. The highest BCUT2D eigenvalue weighted by atomic mass is 32.2. The van der Waals surface area contributed by atoms with E-state index >= 15 is 0 Å². The first-order valence-corrected chi connectivity index (χ1v) is 7.49. The van der Waals surface area contributed by atoms with Crippen molar-refractivity contribution in [3.05, 3.63) is 35.4 Å². The monoisotopic (exact) mass is 277 g/mol. The lowest BCUT2D eigenvalue weighted by atomic mass is 10.1. The molecule has 0 aromatic heterocycles. The third kappa shape index (κ3) is 3.83. The Kier molecular flexibility index (Phi) is 4.64. The van der Waals surface area contributed by atoms with Crippen LogP contribution in [0.5, 0.6) is 0 Å². The molecule has 0 saturated carbocycles. The topological polar surface area (TPSA) is 37.4 Å². The SMILES string of the molecule is CCc1ccc(CN2CC(SC(C)=O)CC2=O)cc1. The lowest BCUT2D eigenvalue weighted by molar-refractivity contribution is -0.128. The highest BCUT2D eigenvalue weighted by molar-refractivity contribution is 8.14. The fraction of sp³-hybridized carbons (Fsp3) is 0.467. The summed E-state index contributed by atoms with van der Waals surface area (Å²) in [6, 6.07) is 8.38. The zero-order chi connectivity index (χ0) is 13.8. The quantitative estimate of drug-likeness (QED) is 0.849. The Morgan fingerprint density at radius 3 is 2.53 bits per heavy atom. The first-order chi connectivity index (χ1) is 9.08. The molecule has 1 heterocycles. The number of likely N-dealkylation sites (tertiary alicyclic amines) is 1. The van der Waals surface area contributed by atoms with Gasteiger partial charge in [0.05, 0.1) is 0 Å². The third-order valence-corrected chi connectivity index (χ3v) is 4.30. The van der Waals surface area contributed by atoms with E-state index < -0.39 is 0 Å². The minimum atomic E-state index is 0.0898. The van der Waals surface area contributed by atoms with Crippen molar-refractivity contribution in [1.82, 2.24) is 4.90 Å². The second-order valence-corrected chi connectivity index (χ2v) is 6.36. The molecule has 1 atom stereocenters. The number of hydrogen-bond donors (Lipinski definition) is 0. The van der Waals surface area contributed by atoms with E-state index in [1.807, 2.05) is 4.90 Å². The maximum absolute atomic E-state index is 11.9. The fourth-order valence-corrected chi connectivity index (χ4v) is 3.25. The summed E-state index contributed by atoms with van der Waals surface area (Å²) < 4.78 is 0. The van der Waals surface area contributed by atoms with Gasteiger partial charge in [-0.05, 0) is 17.5 Å². The van der Waals surface area contributed by atoms with Crippen LogP contribution in [0.25, 0.3) is 0 Å². The number of aryl methyl sites for hydroxylation is 1. The van der Waals surface area contributed by atoms with Gasteiger partial charge in [-0.2, -0.15) is 0 Å². The number of rotatable bonds is 4. The molecular weight excluding hydrogens is 258 g/mol. The Bertz CT molecular complexity index is 470. The number of thioether (sulfide) groups is 1. The Labute approximate surface area is 118 Å². The van der Waals surface area contributed by atoms with Crippen molar-refractivity contribution in [1.29, 1.82) is 0 Å². The van der Waals surface area contributed by atoms with E-state index in [4.69, 9.17) is 0 Å². The summed E-state index contributed by atoms with van der Waals surface area (Å²) in [6.07, 6.45) is 1.51. The smallest absolute Gasteiger partial charge is 0.224 e. The van der Waals surface area contributed by atoms with Crippen LogP contribution < -0.4 is 0 Å². The Morgan fingerprint density at radius 1 is 1.32 bits per heavy atom. The van der Waals surface area contributed by atoms with E-state index in [9.17, 15) is 9.59 Å².